The molecule has 8 rings (SSSR count). The predicted octanol–water partition coefficient (Wildman–Crippen LogP) is 5.52. The molecule has 2 amide bonds. The number of aliphatic hydroxyl groups is 2. The number of likely N-dealkylation sites (tertiary alicyclic amines) is 1. The third kappa shape index (κ3) is 6.09. The van der Waals surface area contributed by atoms with Gasteiger partial charge in [0.2, 0.25) is 0 Å². The van der Waals surface area contributed by atoms with Crippen LogP contribution in [0.3, 0.4) is 0 Å². The van der Waals surface area contributed by atoms with Crippen LogP contribution in [0.2, 0.25) is 0 Å². The number of ether oxygens (including phenoxy) is 2. The molecule has 0 unspecified atom stereocenters. The first-order valence-corrected chi connectivity index (χ1v) is 16.4. The smallest absolute Gasteiger partial charge is 0.319 e. The Morgan fingerprint density at radius 1 is 0.977 bits per heavy atom. The van der Waals surface area contributed by atoms with Crippen molar-refractivity contribution in [3.8, 4) is 0 Å². The number of hydrogen-bond donors (Lipinski definition) is 4. The third-order valence-corrected chi connectivity index (χ3v) is 11.1. The van der Waals surface area contributed by atoms with Crippen molar-refractivity contribution in [2.45, 2.75) is 95.0 Å². The molecule has 2 aliphatic heterocycles. The largest absolute Gasteiger partial charge is 0.395 e. The standard InChI is InChI=1S/C35H47N3O5/c1-22-31(19-38-11-3-6-30(38)21-40)42-33(43-32(22)27-9-7-23(20-39)8-10-27)28-4-2-5-29(15-28)36-34(41)37-35-16-24-12-25(17-35)14-26(13-24)18-35/h2,4-5,7-10,15,22,24-26,30-33,39-40H,3,6,11-14,16-21H2,1H3,(H2,36,37,41)/t22-,24?,25?,26?,30+,31+,32+,33+,35?/m1/s1. The number of carbonyl (C=O) groups is 1. The minimum absolute atomic E-state index is 0.00343. The van der Waals surface area contributed by atoms with Gasteiger partial charge in [0.1, 0.15) is 0 Å². The lowest BCUT2D eigenvalue weighted by Gasteiger charge is -2.56. The Hall–Kier alpha value is -2.49. The summed E-state index contributed by atoms with van der Waals surface area (Å²) in [5.74, 6) is 2.38. The van der Waals surface area contributed by atoms with Crippen LogP contribution in [0.25, 0.3) is 0 Å². The van der Waals surface area contributed by atoms with Gasteiger partial charge >= 0.3 is 6.03 Å². The van der Waals surface area contributed by atoms with Crippen LogP contribution in [0.4, 0.5) is 10.5 Å². The van der Waals surface area contributed by atoms with E-state index in [1.165, 1.54) is 19.3 Å². The summed E-state index contributed by atoms with van der Waals surface area (Å²) in [5, 5.41) is 26.0. The molecule has 6 aliphatic rings. The van der Waals surface area contributed by atoms with E-state index in [-0.39, 0.29) is 49.0 Å². The maximum Gasteiger partial charge on any atom is 0.319 e. The van der Waals surface area contributed by atoms with Gasteiger partial charge in [-0.1, -0.05) is 43.3 Å². The number of urea groups is 1. The molecule has 8 heteroatoms. The summed E-state index contributed by atoms with van der Waals surface area (Å²) < 4.78 is 13.3. The Morgan fingerprint density at radius 3 is 2.37 bits per heavy atom. The maximum atomic E-state index is 13.3. The van der Waals surface area contributed by atoms with Gasteiger partial charge in [0.05, 0.1) is 25.4 Å². The number of hydrogen-bond acceptors (Lipinski definition) is 6. The second-order valence-corrected chi connectivity index (χ2v) is 14.2. The highest BCUT2D eigenvalue weighted by Gasteiger charge is 2.51. The SMILES string of the molecule is C[C@@H]1[C@H](CN2CCC[C@H]2CO)O[C@H](c2cccc(NC(=O)NC34CC5CC(CC(C5)C3)C4)c2)O[C@@H]1c1ccc(CO)cc1. The Balaban J connectivity index is 1.08. The number of carbonyl (C=O) groups excluding carboxylic acids is 1. The van der Waals surface area contributed by atoms with Crippen molar-refractivity contribution in [3.63, 3.8) is 0 Å². The highest BCUT2D eigenvalue weighted by atomic mass is 16.7. The topological polar surface area (TPSA) is 103 Å². The highest BCUT2D eigenvalue weighted by molar-refractivity contribution is 5.89. The fraction of sp³-hybridized carbons (Fsp3) is 0.629. The van der Waals surface area contributed by atoms with E-state index in [0.29, 0.717) is 0 Å². The lowest BCUT2D eigenvalue weighted by Crippen LogP contribution is -2.60. The summed E-state index contributed by atoms with van der Waals surface area (Å²) in [6, 6.07) is 15.8. The fourth-order valence-corrected chi connectivity index (χ4v) is 9.33. The van der Waals surface area contributed by atoms with Gasteiger partial charge in [0.15, 0.2) is 6.29 Å². The summed E-state index contributed by atoms with van der Waals surface area (Å²) in [4.78, 5) is 15.6. The third-order valence-electron chi connectivity index (χ3n) is 11.1. The molecule has 0 spiro atoms. The Morgan fingerprint density at radius 2 is 1.70 bits per heavy atom. The van der Waals surface area contributed by atoms with Crippen molar-refractivity contribution >= 4 is 11.7 Å². The molecule has 0 radical (unpaired) electrons. The summed E-state index contributed by atoms with van der Waals surface area (Å²) in [6.07, 6.45) is 8.54. The monoisotopic (exact) mass is 589 g/mol. The quantitative estimate of drug-likeness (QED) is 0.324. The number of amides is 2. The molecular weight excluding hydrogens is 542 g/mol. The highest BCUT2D eigenvalue weighted by Crippen LogP contribution is 2.55. The Labute approximate surface area is 255 Å². The van der Waals surface area contributed by atoms with E-state index >= 15 is 0 Å². The molecule has 0 aromatic heterocycles. The zero-order valence-corrected chi connectivity index (χ0v) is 25.3. The van der Waals surface area contributed by atoms with Gasteiger partial charge in [-0.25, -0.2) is 4.79 Å². The minimum atomic E-state index is -0.605. The molecule has 4 saturated carbocycles. The van der Waals surface area contributed by atoms with Crippen LogP contribution >= 0.6 is 0 Å². The minimum Gasteiger partial charge on any atom is -0.395 e. The van der Waals surface area contributed by atoms with E-state index in [1.807, 2.05) is 48.5 Å². The first-order valence-electron chi connectivity index (χ1n) is 16.4. The molecule has 2 aromatic carbocycles. The average molecular weight is 590 g/mol. The van der Waals surface area contributed by atoms with Gasteiger partial charge in [-0.15, -0.1) is 0 Å². The molecule has 2 heterocycles. The maximum absolute atomic E-state index is 13.3. The van der Waals surface area contributed by atoms with E-state index < -0.39 is 6.29 Å². The van der Waals surface area contributed by atoms with Gasteiger partial charge in [0, 0.05) is 35.3 Å². The van der Waals surface area contributed by atoms with Crippen molar-refractivity contribution in [2.24, 2.45) is 23.7 Å². The average Bonchev–Trinajstić information content (AvgIpc) is 3.44. The molecule has 2 saturated heterocycles. The van der Waals surface area contributed by atoms with Gasteiger partial charge in [-0.2, -0.15) is 0 Å². The molecule has 5 atom stereocenters. The number of anilines is 1. The van der Waals surface area contributed by atoms with E-state index in [0.717, 1.165) is 85.3 Å². The first kappa shape index (κ1) is 29.2. The van der Waals surface area contributed by atoms with E-state index in [9.17, 15) is 15.0 Å². The van der Waals surface area contributed by atoms with Crippen molar-refractivity contribution < 1.29 is 24.5 Å². The van der Waals surface area contributed by atoms with E-state index in [1.54, 1.807) is 0 Å². The van der Waals surface area contributed by atoms with Gasteiger partial charge in [-0.05, 0) is 98.9 Å². The molecule has 8 nitrogen and oxygen atoms in total. The molecule has 2 aromatic rings. The fourth-order valence-electron chi connectivity index (χ4n) is 9.33. The van der Waals surface area contributed by atoms with Gasteiger partial charge < -0.3 is 30.3 Å². The molecule has 43 heavy (non-hydrogen) atoms. The summed E-state index contributed by atoms with van der Waals surface area (Å²) in [6.45, 7) is 4.01. The van der Waals surface area contributed by atoms with Crippen LogP contribution < -0.4 is 10.6 Å². The molecule has 4 bridgehead atoms. The zero-order chi connectivity index (χ0) is 29.6. The molecule has 6 fully saturated rings. The molecular formula is C35H47N3O5. The molecule has 4 N–H and O–H groups in total. The Kier molecular flexibility index (Phi) is 8.24. The second kappa shape index (κ2) is 12.1. The van der Waals surface area contributed by atoms with Crippen molar-refractivity contribution in [2.75, 3.05) is 25.0 Å². The first-order chi connectivity index (χ1) is 20.9. The number of aliphatic hydroxyl groups excluding tert-OH is 2. The van der Waals surface area contributed by atoms with E-state index in [2.05, 4.69) is 22.5 Å². The molecule has 4 aliphatic carbocycles. The normalized spacial score (nSPS) is 37.0. The van der Waals surface area contributed by atoms with Crippen LogP contribution in [0.1, 0.15) is 87.4 Å². The van der Waals surface area contributed by atoms with E-state index in [4.69, 9.17) is 9.47 Å². The van der Waals surface area contributed by atoms with Crippen molar-refractivity contribution in [1.29, 1.82) is 0 Å². The van der Waals surface area contributed by atoms with Crippen LogP contribution in [0.15, 0.2) is 48.5 Å². The van der Waals surface area contributed by atoms with Gasteiger partial charge in [0.25, 0.3) is 0 Å². The van der Waals surface area contributed by atoms with Crippen LogP contribution in [0, 0.1) is 23.7 Å². The number of benzene rings is 2. The van der Waals surface area contributed by atoms with Crippen LogP contribution in [-0.4, -0.2) is 58.5 Å². The summed E-state index contributed by atoms with van der Waals surface area (Å²) in [7, 11) is 0. The number of nitrogens with one attached hydrogen (secondary N) is 2. The lowest BCUT2D eigenvalue weighted by atomic mass is 9.53. The van der Waals surface area contributed by atoms with Crippen LogP contribution in [-0.2, 0) is 16.1 Å². The molecule has 232 valence electrons. The van der Waals surface area contributed by atoms with Gasteiger partial charge in [-0.3, -0.25) is 4.90 Å². The summed E-state index contributed by atoms with van der Waals surface area (Å²) in [5.41, 5.74) is 3.46. The van der Waals surface area contributed by atoms with Crippen LogP contribution in [0.5, 0.6) is 0 Å². The number of rotatable bonds is 8. The van der Waals surface area contributed by atoms with Crippen molar-refractivity contribution in [3.05, 3.63) is 65.2 Å². The summed E-state index contributed by atoms with van der Waals surface area (Å²) >= 11 is 0. The predicted molar refractivity (Wildman–Crippen MR) is 164 cm³/mol. The van der Waals surface area contributed by atoms with Crippen molar-refractivity contribution in [1.82, 2.24) is 10.2 Å². The zero-order valence-electron chi connectivity index (χ0n) is 25.3. The lowest BCUT2D eigenvalue weighted by molar-refractivity contribution is -0.276. The number of nitrogens with zero attached hydrogens (tertiary/aromatic N) is 1. The second-order valence-electron chi connectivity index (χ2n) is 14.2. The Bertz CT molecular complexity index is 1250.